The molecule has 0 bridgehead atoms. The van der Waals surface area contributed by atoms with Crippen molar-refractivity contribution in [2.45, 2.75) is 51.0 Å². The van der Waals surface area contributed by atoms with E-state index in [-0.39, 0.29) is 5.91 Å². The van der Waals surface area contributed by atoms with Gasteiger partial charge in [0.05, 0.1) is 5.54 Å². The molecule has 4 heteroatoms. The van der Waals surface area contributed by atoms with Crippen LogP contribution >= 0.6 is 0 Å². The molecule has 0 aromatic heterocycles. The van der Waals surface area contributed by atoms with Crippen molar-refractivity contribution in [2.75, 3.05) is 33.2 Å². The highest BCUT2D eigenvalue weighted by Gasteiger charge is 2.39. The van der Waals surface area contributed by atoms with E-state index in [1.165, 1.54) is 32.4 Å². The van der Waals surface area contributed by atoms with Crippen molar-refractivity contribution in [3.63, 3.8) is 0 Å². The Labute approximate surface area is 117 Å². The molecule has 1 amide bonds. The minimum absolute atomic E-state index is 0.151. The number of amides is 1. The Morgan fingerprint density at radius 1 is 1.37 bits per heavy atom. The molecule has 2 rings (SSSR count). The maximum Gasteiger partial charge on any atom is 0.242 e. The molecular weight excluding hydrogens is 238 g/mol. The van der Waals surface area contributed by atoms with E-state index in [2.05, 4.69) is 11.8 Å². The summed E-state index contributed by atoms with van der Waals surface area (Å²) in [6, 6.07) is 0. The molecule has 2 fully saturated rings. The number of nitrogens with two attached hydrogens (primary N) is 1. The third kappa shape index (κ3) is 3.69. The molecule has 19 heavy (non-hydrogen) atoms. The highest BCUT2D eigenvalue weighted by molar-refractivity contribution is 5.86. The zero-order chi connectivity index (χ0) is 13.9. The molecule has 4 nitrogen and oxygen atoms in total. The number of hydrogen-bond donors (Lipinski definition) is 1. The Kier molecular flexibility index (Phi) is 4.85. The van der Waals surface area contributed by atoms with Crippen LogP contribution in [-0.2, 0) is 4.79 Å². The highest BCUT2D eigenvalue weighted by Crippen LogP contribution is 2.31. The maximum atomic E-state index is 12.6. The molecule has 0 spiro atoms. The lowest BCUT2D eigenvalue weighted by Gasteiger charge is -2.38. The number of hydrogen-bond acceptors (Lipinski definition) is 3. The van der Waals surface area contributed by atoms with Crippen molar-refractivity contribution >= 4 is 5.91 Å². The molecule has 110 valence electrons. The first kappa shape index (κ1) is 14.8. The van der Waals surface area contributed by atoms with E-state index < -0.39 is 5.54 Å². The number of likely N-dealkylation sites (tertiary alicyclic amines) is 1. The summed E-state index contributed by atoms with van der Waals surface area (Å²) in [5, 5.41) is 0. The quantitative estimate of drug-likeness (QED) is 0.838. The molecule has 1 aliphatic carbocycles. The van der Waals surface area contributed by atoms with Gasteiger partial charge in [0.1, 0.15) is 0 Å². The maximum absolute atomic E-state index is 12.6. The lowest BCUT2D eigenvalue weighted by Crippen LogP contribution is -2.57. The molecule has 1 saturated heterocycles. The fourth-order valence-corrected chi connectivity index (χ4v) is 3.57. The van der Waals surface area contributed by atoms with Crippen molar-refractivity contribution in [2.24, 2.45) is 11.7 Å². The molecule has 0 aromatic carbocycles. The summed E-state index contributed by atoms with van der Waals surface area (Å²) in [6.07, 6.45) is 6.60. The second kappa shape index (κ2) is 6.23. The Hall–Kier alpha value is -0.610. The SMILES string of the molecule is CC1CCCC(N)(C(=O)N(C)CCN2CCCC2)C1. The fraction of sp³-hybridized carbons (Fsp3) is 0.933. The Morgan fingerprint density at radius 3 is 2.68 bits per heavy atom. The monoisotopic (exact) mass is 267 g/mol. The summed E-state index contributed by atoms with van der Waals surface area (Å²) in [5.74, 6) is 0.730. The molecular formula is C15H29N3O. The zero-order valence-electron chi connectivity index (χ0n) is 12.5. The van der Waals surface area contributed by atoms with E-state index in [4.69, 9.17) is 5.73 Å². The number of carbonyl (C=O) groups excluding carboxylic acids is 1. The van der Waals surface area contributed by atoms with Crippen LogP contribution in [0.1, 0.15) is 45.4 Å². The normalized spacial score (nSPS) is 32.5. The van der Waals surface area contributed by atoms with Crippen molar-refractivity contribution in [3.05, 3.63) is 0 Å². The lowest BCUT2D eigenvalue weighted by molar-refractivity contribution is -0.137. The van der Waals surface area contributed by atoms with Crippen LogP contribution in [0.3, 0.4) is 0 Å². The van der Waals surface area contributed by atoms with Gasteiger partial charge >= 0.3 is 0 Å². The van der Waals surface area contributed by atoms with Gasteiger partial charge in [-0.25, -0.2) is 0 Å². The van der Waals surface area contributed by atoms with Gasteiger partial charge in [-0.05, 0) is 44.7 Å². The van der Waals surface area contributed by atoms with Crippen LogP contribution in [0.5, 0.6) is 0 Å². The second-order valence-corrected chi connectivity index (χ2v) is 6.63. The summed E-state index contributed by atoms with van der Waals surface area (Å²) in [5.41, 5.74) is 5.77. The van der Waals surface area contributed by atoms with Crippen molar-refractivity contribution in [3.8, 4) is 0 Å². The summed E-state index contributed by atoms with van der Waals surface area (Å²) in [6.45, 7) is 6.39. The van der Waals surface area contributed by atoms with Gasteiger partial charge in [-0.3, -0.25) is 4.79 Å². The standard InChI is InChI=1S/C15H29N3O/c1-13-6-5-7-15(16,12-13)14(19)17(2)10-11-18-8-3-4-9-18/h13H,3-12,16H2,1-2H3. The Balaban J connectivity index is 1.83. The van der Waals surface area contributed by atoms with Crippen LogP contribution < -0.4 is 5.73 Å². The van der Waals surface area contributed by atoms with E-state index in [0.29, 0.717) is 5.92 Å². The molecule has 0 aromatic rings. The van der Waals surface area contributed by atoms with Gasteiger partial charge < -0.3 is 15.5 Å². The topological polar surface area (TPSA) is 49.6 Å². The minimum atomic E-state index is -0.600. The molecule has 2 aliphatic rings. The second-order valence-electron chi connectivity index (χ2n) is 6.63. The zero-order valence-corrected chi connectivity index (χ0v) is 12.5. The van der Waals surface area contributed by atoms with Crippen LogP contribution in [-0.4, -0.2) is 54.5 Å². The predicted molar refractivity (Wildman–Crippen MR) is 77.9 cm³/mol. The first-order chi connectivity index (χ1) is 9.01. The van der Waals surface area contributed by atoms with Gasteiger partial charge in [-0.2, -0.15) is 0 Å². The molecule has 2 unspecified atom stereocenters. The van der Waals surface area contributed by atoms with E-state index in [9.17, 15) is 4.79 Å². The van der Waals surface area contributed by atoms with Gasteiger partial charge in [-0.1, -0.05) is 19.8 Å². The summed E-state index contributed by atoms with van der Waals surface area (Å²) in [4.78, 5) is 16.9. The van der Waals surface area contributed by atoms with E-state index in [1.807, 2.05) is 11.9 Å². The number of rotatable bonds is 4. The van der Waals surface area contributed by atoms with Crippen molar-refractivity contribution in [1.82, 2.24) is 9.80 Å². The van der Waals surface area contributed by atoms with Crippen molar-refractivity contribution in [1.29, 1.82) is 0 Å². The first-order valence-electron chi connectivity index (χ1n) is 7.78. The van der Waals surface area contributed by atoms with E-state index >= 15 is 0 Å². The fourth-order valence-electron chi connectivity index (χ4n) is 3.57. The van der Waals surface area contributed by atoms with Gasteiger partial charge in [0.15, 0.2) is 0 Å². The van der Waals surface area contributed by atoms with Crippen LogP contribution in [0.15, 0.2) is 0 Å². The van der Waals surface area contributed by atoms with Gasteiger partial charge in [0.25, 0.3) is 0 Å². The van der Waals surface area contributed by atoms with E-state index in [1.54, 1.807) is 0 Å². The lowest BCUT2D eigenvalue weighted by atomic mass is 9.76. The van der Waals surface area contributed by atoms with Gasteiger partial charge in [0.2, 0.25) is 5.91 Å². The summed E-state index contributed by atoms with van der Waals surface area (Å²) in [7, 11) is 1.91. The number of likely N-dealkylation sites (N-methyl/N-ethyl adjacent to an activating group) is 1. The largest absolute Gasteiger partial charge is 0.343 e. The molecule has 1 saturated carbocycles. The first-order valence-corrected chi connectivity index (χ1v) is 7.78. The molecule has 1 heterocycles. The predicted octanol–water partition coefficient (Wildman–Crippen LogP) is 1.45. The molecule has 1 aliphatic heterocycles. The Bertz CT molecular complexity index is 315. The third-order valence-corrected chi connectivity index (χ3v) is 4.76. The average Bonchev–Trinajstić information content (AvgIpc) is 2.88. The van der Waals surface area contributed by atoms with Gasteiger partial charge in [0, 0.05) is 20.1 Å². The van der Waals surface area contributed by atoms with Crippen LogP contribution in [0.2, 0.25) is 0 Å². The third-order valence-electron chi connectivity index (χ3n) is 4.76. The smallest absolute Gasteiger partial charge is 0.242 e. The van der Waals surface area contributed by atoms with Crippen LogP contribution in [0.25, 0.3) is 0 Å². The molecule has 0 radical (unpaired) electrons. The van der Waals surface area contributed by atoms with Crippen LogP contribution in [0.4, 0.5) is 0 Å². The average molecular weight is 267 g/mol. The molecule has 2 atom stereocenters. The highest BCUT2D eigenvalue weighted by atomic mass is 16.2. The van der Waals surface area contributed by atoms with Gasteiger partial charge in [-0.15, -0.1) is 0 Å². The van der Waals surface area contributed by atoms with Crippen molar-refractivity contribution < 1.29 is 4.79 Å². The Morgan fingerprint density at radius 2 is 2.05 bits per heavy atom. The minimum Gasteiger partial charge on any atom is -0.343 e. The van der Waals surface area contributed by atoms with Crippen LogP contribution in [0, 0.1) is 5.92 Å². The number of carbonyl (C=O) groups is 1. The summed E-state index contributed by atoms with van der Waals surface area (Å²) < 4.78 is 0. The number of nitrogens with zero attached hydrogens (tertiary/aromatic N) is 2. The summed E-state index contributed by atoms with van der Waals surface area (Å²) >= 11 is 0. The van der Waals surface area contributed by atoms with E-state index in [0.717, 1.165) is 32.4 Å². The molecule has 2 N–H and O–H groups in total.